The number of rotatable bonds is 9. The SMILES string of the molecule is NS(=O)(=O)c1cc(Cl)c(N[C@H](CCN2CC(F)C2)CSc2ccc(F)cc2)c(Cl)c1. The van der Waals surface area contributed by atoms with E-state index in [0.717, 1.165) is 4.90 Å². The van der Waals surface area contributed by atoms with Crippen molar-refractivity contribution >= 4 is 50.7 Å². The highest BCUT2D eigenvalue weighted by molar-refractivity contribution is 7.99. The van der Waals surface area contributed by atoms with Crippen molar-refractivity contribution in [2.45, 2.75) is 28.4 Å². The zero-order valence-corrected chi connectivity index (χ0v) is 19.0. The Morgan fingerprint density at radius 3 is 2.33 bits per heavy atom. The Bertz CT molecular complexity index is 965. The van der Waals surface area contributed by atoms with Crippen molar-refractivity contribution in [1.82, 2.24) is 4.90 Å². The van der Waals surface area contributed by atoms with Crippen LogP contribution in [0.15, 0.2) is 46.2 Å². The fourth-order valence-electron chi connectivity index (χ4n) is 3.01. The Morgan fingerprint density at radius 2 is 1.80 bits per heavy atom. The number of primary sulfonamides is 1. The quantitative estimate of drug-likeness (QED) is 0.504. The number of benzene rings is 2. The van der Waals surface area contributed by atoms with Gasteiger partial charge < -0.3 is 5.32 Å². The van der Waals surface area contributed by atoms with Crippen LogP contribution in [0.3, 0.4) is 0 Å². The molecule has 3 N–H and O–H groups in total. The van der Waals surface area contributed by atoms with Crippen molar-refractivity contribution in [3.8, 4) is 0 Å². The number of halogens is 4. The molecule has 1 aliphatic heterocycles. The van der Waals surface area contributed by atoms with E-state index in [1.807, 2.05) is 4.90 Å². The largest absolute Gasteiger partial charge is 0.379 e. The molecule has 11 heteroatoms. The number of nitrogens with one attached hydrogen (secondary N) is 1. The summed E-state index contributed by atoms with van der Waals surface area (Å²) in [6.07, 6.45) is -0.0931. The van der Waals surface area contributed by atoms with E-state index in [1.54, 1.807) is 12.1 Å². The number of thioether (sulfide) groups is 1. The van der Waals surface area contributed by atoms with Crippen LogP contribution in [0.25, 0.3) is 0 Å². The van der Waals surface area contributed by atoms with E-state index in [1.165, 1.54) is 36.0 Å². The lowest BCUT2D eigenvalue weighted by Crippen LogP contribution is -2.49. The molecule has 164 valence electrons. The summed E-state index contributed by atoms with van der Waals surface area (Å²) in [4.78, 5) is 2.74. The highest BCUT2D eigenvalue weighted by atomic mass is 35.5. The van der Waals surface area contributed by atoms with Crippen LogP contribution >= 0.6 is 35.0 Å². The van der Waals surface area contributed by atoms with Crippen LogP contribution in [-0.4, -0.2) is 50.9 Å². The normalized spacial score (nSPS) is 16.3. The molecular formula is C19H21Cl2F2N3O2S2. The summed E-state index contributed by atoms with van der Waals surface area (Å²) in [6, 6.07) is 8.57. The van der Waals surface area contributed by atoms with Gasteiger partial charge >= 0.3 is 0 Å². The molecule has 1 aliphatic rings. The van der Waals surface area contributed by atoms with Crippen LogP contribution in [-0.2, 0) is 10.0 Å². The van der Waals surface area contributed by atoms with Crippen molar-refractivity contribution in [1.29, 1.82) is 0 Å². The minimum absolute atomic E-state index is 0.103. The summed E-state index contributed by atoms with van der Waals surface area (Å²) in [6.45, 7) is 1.53. The summed E-state index contributed by atoms with van der Waals surface area (Å²) < 4.78 is 49.4. The van der Waals surface area contributed by atoms with Gasteiger partial charge in [-0.1, -0.05) is 23.2 Å². The molecule has 5 nitrogen and oxygen atoms in total. The summed E-state index contributed by atoms with van der Waals surface area (Å²) in [5.74, 6) is 0.309. The molecule has 0 unspecified atom stereocenters. The Labute approximate surface area is 189 Å². The monoisotopic (exact) mass is 495 g/mol. The van der Waals surface area contributed by atoms with Crippen molar-refractivity contribution in [2.24, 2.45) is 5.14 Å². The van der Waals surface area contributed by atoms with Gasteiger partial charge in [-0.15, -0.1) is 11.8 Å². The second-order valence-electron chi connectivity index (χ2n) is 7.06. The fraction of sp³-hybridized carbons (Fsp3) is 0.368. The maximum absolute atomic E-state index is 13.1. The smallest absolute Gasteiger partial charge is 0.238 e. The Balaban J connectivity index is 1.72. The van der Waals surface area contributed by atoms with Crippen molar-refractivity contribution in [3.63, 3.8) is 0 Å². The number of likely N-dealkylation sites (tertiary alicyclic amines) is 1. The van der Waals surface area contributed by atoms with E-state index in [9.17, 15) is 17.2 Å². The van der Waals surface area contributed by atoms with Gasteiger partial charge in [0, 0.05) is 36.3 Å². The van der Waals surface area contributed by atoms with E-state index < -0.39 is 16.2 Å². The molecular weight excluding hydrogens is 475 g/mol. The predicted octanol–water partition coefficient (Wildman–Crippen LogP) is 4.40. The lowest BCUT2D eigenvalue weighted by atomic mass is 10.1. The maximum Gasteiger partial charge on any atom is 0.238 e. The van der Waals surface area contributed by atoms with E-state index in [4.69, 9.17) is 28.3 Å². The second kappa shape index (κ2) is 10.0. The Hall–Kier alpha value is -1.10. The van der Waals surface area contributed by atoms with Crippen LogP contribution in [0.5, 0.6) is 0 Å². The first kappa shape index (κ1) is 23.6. The molecule has 0 spiro atoms. The van der Waals surface area contributed by atoms with Gasteiger partial charge in [-0.2, -0.15) is 0 Å². The molecule has 0 radical (unpaired) electrons. The molecule has 1 fully saturated rings. The van der Waals surface area contributed by atoms with E-state index in [0.29, 0.717) is 37.5 Å². The Kier molecular flexibility index (Phi) is 7.86. The number of hydrogen-bond donors (Lipinski definition) is 2. The number of nitrogens with two attached hydrogens (primary N) is 1. The third-order valence-corrected chi connectivity index (χ3v) is 7.33. The molecule has 1 heterocycles. The van der Waals surface area contributed by atoms with Gasteiger partial charge in [-0.05, 0) is 42.8 Å². The molecule has 2 aromatic rings. The molecule has 0 aromatic heterocycles. The Morgan fingerprint density at radius 1 is 1.20 bits per heavy atom. The fourth-order valence-corrected chi connectivity index (χ4v) is 5.27. The number of sulfonamides is 1. The lowest BCUT2D eigenvalue weighted by molar-refractivity contribution is 0.0642. The highest BCUT2D eigenvalue weighted by Crippen LogP contribution is 2.34. The first-order chi connectivity index (χ1) is 14.1. The van der Waals surface area contributed by atoms with Crippen molar-refractivity contribution in [3.05, 3.63) is 52.3 Å². The predicted molar refractivity (Wildman–Crippen MR) is 118 cm³/mol. The molecule has 0 amide bonds. The molecule has 2 aromatic carbocycles. The van der Waals surface area contributed by atoms with Crippen LogP contribution in [0.2, 0.25) is 10.0 Å². The average Bonchev–Trinajstić information content (AvgIpc) is 2.64. The second-order valence-corrected chi connectivity index (χ2v) is 10.5. The molecule has 0 saturated carbocycles. The minimum Gasteiger partial charge on any atom is -0.379 e. The van der Waals surface area contributed by atoms with Gasteiger partial charge in [-0.3, -0.25) is 4.90 Å². The van der Waals surface area contributed by atoms with Crippen LogP contribution in [0.1, 0.15) is 6.42 Å². The van der Waals surface area contributed by atoms with Crippen molar-refractivity contribution < 1.29 is 17.2 Å². The average molecular weight is 496 g/mol. The van der Waals surface area contributed by atoms with Gasteiger partial charge in [0.2, 0.25) is 10.0 Å². The summed E-state index contributed by atoms with van der Waals surface area (Å²) in [7, 11) is -3.94. The molecule has 1 atom stereocenters. The number of hydrogen-bond acceptors (Lipinski definition) is 5. The standard InChI is InChI=1S/C19H21Cl2F2N3O2S2/c20-17-7-16(30(24,27)28)8-18(21)19(17)25-14(5-6-26-9-13(23)10-26)11-29-15-3-1-12(22)2-4-15/h1-4,7-8,13-14,25H,5-6,9-11H2,(H2,24,27,28)/t14-/m1/s1. The van der Waals surface area contributed by atoms with Gasteiger partial charge in [-0.25, -0.2) is 22.3 Å². The third kappa shape index (κ3) is 6.45. The van der Waals surface area contributed by atoms with Crippen LogP contribution in [0, 0.1) is 5.82 Å². The summed E-state index contributed by atoms with van der Waals surface area (Å²) >= 11 is 14.1. The summed E-state index contributed by atoms with van der Waals surface area (Å²) in [5, 5.41) is 8.70. The lowest BCUT2D eigenvalue weighted by Gasteiger charge is -2.35. The van der Waals surface area contributed by atoms with E-state index >= 15 is 0 Å². The van der Waals surface area contributed by atoms with E-state index in [2.05, 4.69) is 5.32 Å². The van der Waals surface area contributed by atoms with Gasteiger partial charge in [0.1, 0.15) is 12.0 Å². The first-order valence-electron chi connectivity index (χ1n) is 9.15. The molecule has 0 aliphatic carbocycles. The highest BCUT2D eigenvalue weighted by Gasteiger charge is 2.26. The number of alkyl halides is 1. The summed E-state index contributed by atoms with van der Waals surface area (Å²) in [5.41, 5.74) is 0.405. The topological polar surface area (TPSA) is 75.4 Å². The molecule has 3 rings (SSSR count). The minimum atomic E-state index is -3.94. The van der Waals surface area contributed by atoms with Gasteiger partial charge in [0.15, 0.2) is 0 Å². The molecule has 30 heavy (non-hydrogen) atoms. The van der Waals surface area contributed by atoms with Crippen LogP contribution < -0.4 is 10.5 Å². The molecule has 0 bridgehead atoms. The third-order valence-electron chi connectivity index (χ3n) is 4.66. The number of nitrogens with zero attached hydrogens (tertiary/aromatic N) is 1. The first-order valence-corrected chi connectivity index (χ1v) is 12.4. The molecule has 1 saturated heterocycles. The van der Waals surface area contributed by atoms with Crippen LogP contribution in [0.4, 0.5) is 14.5 Å². The zero-order chi connectivity index (χ0) is 21.9. The maximum atomic E-state index is 13.1. The van der Waals surface area contributed by atoms with E-state index in [-0.39, 0.29) is 26.8 Å². The zero-order valence-electron chi connectivity index (χ0n) is 15.8. The van der Waals surface area contributed by atoms with Gasteiger partial charge in [0.05, 0.1) is 20.6 Å². The van der Waals surface area contributed by atoms with Gasteiger partial charge in [0.25, 0.3) is 0 Å². The number of anilines is 1. The van der Waals surface area contributed by atoms with Crippen molar-refractivity contribution in [2.75, 3.05) is 30.7 Å².